The predicted molar refractivity (Wildman–Crippen MR) is 61.7 cm³/mol. The maximum Gasteiger partial charge on any atom is 0.336 e. The highest BCUT2D eigenvalue weighted by Gasteiger charge is 2.22. The van der Waals surface area contributed by atoms with Gasteiger partial charge in [0.25, 0.3) is 0 Å². The Balaban J connectivity index is 2.84. The Morgan fingerprint density at radius 1 is 1.41 bits per heavy atom. The fourth-order valence-electron chi connectivity index (χ4n) is 1.29. The Morgan fingerprint density at radius 2 is 2.00 bits per heavy atom. The highest BCUT2D eigenvalue weighted by Crippen LogP contribution is 2.23. The van der Waals surface area contributed by atoms with E-state index in [-0.39, 0.29) is 17.2 Å². The number of hydrogen-bond donors (Lipinski definition) is 1. The van der Waals surface area contributed by atoms with Crippen LogP contribution >= 0.6 is 0 Å². The van der Waals surface area contributed by atoms with E-state index in [2.05, 4.69) is 6.58 Å². The number of hydrogen-bond acceptors (Lipinski definition) is 3. The van der Waals surface area contributed by atoms with Crippen LogP contribution in [-0.2, 0) is 9.53 Å². The molecule has 1 atom stereocenters. The Morgan fingerprint density at radius 3 is 2.53 bits per heavy atom. The number of rotatable bonds is 4. The normalized spacial score (nSPS) is 12.3. The minimum absolute atomic E-state index is 0.0122. The molecule has 0 bridgehead atoms. The molecule has 0 saturated heterocycles. The van der Waals surface area contributed by atoms with Crippen molar-refractivity contribution >= 4 is 5.97 Å². The van der Waals surface area contributed by atoms with Crippen LogP contribution in [-0.4, -0.2) is 17.2 Å². The second kappa shape index (κ2) is 5.59. The third-order valence-corrected chi connectivity index (χ3v) is 2.13. The molecule has 0 aromatic heterocycles. The van der Waals surface area contributed by atoms with Gasteiger partial charge in [-0.25, -0.2) is 9.18 Å². The first kappa shape index (κ1) is 13.4. The topological polar surface area (TPSA) is 46.5 Å². The first-order chi connectivity index (χ1) is 7.93. The van der Waals surface area contributed by atoms with Crippen molar-refractivity contribution in [2.45, 2.75) is 26.1 Å². The summed E-state index contributed by atoms with van der Waals surface area (Å²) in [5, 5.41) is 9.81. The van der Waals surface area contributed by atoms with Gasteiger partial charge in [0.05, 0.1) is 11.7 Å². The molecule has 0 radical (unpaired) electrons. The second-order valence-electron chi connectivity index (χ2n) is 3.90. The molecule has 0 heterocycles. The Kier molecular flexibility index (Phi) is 4.40. The van der Waals surface area contributed by atoms with Crippen molar-refractivity contribution in [1.82, 2.24) is 0 Å². The molecule has 0 saturated carbocycles. The first-order valence-electron chi connectivity index (χ1n) is 5.25. The molecule has 1 aromatic rings. The van der Waals surface area contributed by atoms with Crippen LogP contribution in [0, 0.1) is 5.82 Å². The van der Waals surface area contributed by atoms with E-state index in [0.29, 0.717) is 0 Å². The number of halogens is 1. The lowest BCUT2D eigenvalue weighted by atomic mass is 10.0. The number of carbonyl (C=O) groups excluding carboxylic acids is 1. The van der Waals surface area contributed by atoms with E-state index in [1.54, 1.807) is 19.9 Å². The van der Waals surface area contributed by atoms with Gasteiger partial charge in [-0.1, -0.05) is 24.8 Å². The Bertz CT molecular complexity index is 426. The van der Waals surface area contributed by atoms with Gasteiger partial charge in [-0.2, -0.15) is 0 Å². The third-order valence-electron chi connectivity index (χ3n) is 2.13. The molecule has 0 fully saturated rings. The van der Waals surface area contributed by atoms with Crippen molar-refractivity contribution in [3.05, 3.63) is 47.8 Å². The third kappa shape index (κ3) is 3.39. The van der Waals surface area contributed by atoms with Crippen LogP contribution in [0.5, 0.6) is 0 Å². The van der Waals surface area contributed by atoms with E-state index < -0.39 is 17.9 Å². The molecule has 17 heavy (non-hydrogen) atoms. The standard InChI is InChI=1S/C13H15FO3/c1-8(2)17-13(16)9(3)12(15)10-6-4-5-7-11(10)14/h4-8,12,15H,3H2,1-2H3. The molecule has 4 heteroatoms. The second-order valence-corrected chi connectivity index (χ2v) is 3.90. The number of esters is 1. The minimum atomic E-state index is -1.39. The van der Waals surface area contributed by atoms with Gasteiger partial charge in [-0.05, 0) is 19.9 Å². The summed E-state index contributed by atoms with van der Waals surface area (Å²) in [6, 6.07) is 5.68. The average molecular weight is 238 g/mol. The molecule has 1 unspecified atom stereocenters. The largest absolute Gasteiger partial charge is 0.460 e. The van der Waals surface area contributed by atoms with Crippen molar-refractivity contribution in [3.8, 4) is 0 Å². The van der Waals surface area contributed by atoms with Crippen LogP contribution in [0.3, 0.4) is 0 Å². The molecule has 1 aromatic carbocycles. The van der Waals surface area contributed by atoms with E-state index in [1.165, 1.54) is 18.2 Å². The maximum absolute atomic E-state index is 13.4. The monoisotopic (exact) mass is 238 g/mol. The van der Waals surface area contributed by atoms with Gasteiger partial charge in [0.2, 0.25) is 0 Å². The Labute approximate surface area is 99.5 Å². The molecule has 0 aliphatic rings. The molecule has 1 rings (SSSR count). The van der Waals surface area contributed by atoms with Gasteiger partial charge in [0, 0.05) is 5.56 Å². The molecule has 0 spiro atoms. The van der Waals surface area contributed by atoms with E-state index in [4.69, 9.17) is 4.74 Å². The quantitative estimate of drug-likeness (QED) is 0.647. The van der Waals surface area contributed by atoms with E-state index in [9.17, 15) is 14.3 Å². The van der Waals surface area contributed by atoms with Gasteiger partial charge in [-0.3, -0.25) is 0 Å². The molecule has 0 aliphatic heterocycles. The minimum Gasteiger partial charge on any atom is -0.460 e. The summed E-state index contributed by atoms with van der Waals surface area (Å²) in [6.07, 6.45) is -1.70. The van der Waals surface area contributed by atoms with Crippen molar-refractivity contribution in [2.75, 3.05) is 0 Å². The van der Waals surface area contributed by atoms with E-state index >= 15 is 0 Å². The average Bonchev–Trinajstić information content (AvgIpc) is 2.27. The fraction of sp³-hybridized carbons (Fsp3) is 0.308. The summed E-state index contributed by atoms with van der Waals surface area (Å²) in [4.78, 5) is 11.5. The van der Waals surface area contributed by atoms with Crippen molar-refractivity contribution in [1.29, 1.82) is 0 Å². The highest BCUT2D eigenvalue weighted by atomic mass is 19.1. The zero-order valence-corrected chi connectivity index (χ0v) is 9.81. The summed E-state index contributed by atoms with van der Waals surface area (Å²) in [6.45, 7) is 6.80. The van der Waals surface area contributed by atoms with Crippen molar-refractivity contribution < 1.29 is 19.0 Å². The van der Waals surface area contributed by atoms with Gasteiger partial charge in [0.1, 0.15) is 11.9 Å². The lowest BCUT2D eigenvalue weighted by molar-refractivity contribution is -0.143. The van der Waals surface area contributed by atoms with Crippen LogP contribution in [0.1, 0.15) is 25.5 Å². The number of aliphatic hydroxyl groups excluding tert-OH is 1. The highest BCUT2D eigenvalue weighted by molar-refractivity contribution is 5.89. The Hall–Kier alpha value is -1.68. The van der Waals surface area contributed by atoms with Crippen LogP contribution in [0.15, 0.2) is 36.4 Å². The van der Waals surface area contributed by atoms with Crippen LogP contribution in [0.4, 0.5) is 4.39 Å². The van der Waals surface area contributed by atoms with Crippen LogP contribution < -0.4 is 0 Å². The molecular formula is C13H15FO3. The molecule has 3 nitrogen and oxygen atoms in total. The number of carbonyl (C=O) groups is 1. The van der Waals surface area contributed by atoms with E-state index in [1.807, 2.05) is 0 Å². The van der Waals surface area contributed by atoms with Gasteiger partial charge in [0.15, 0.2) is 0 Å². The van der Waals surface area contributed by atoms with Crippen molar-refractivity contribution in [3.63, 3.8) is 0 Å². The number of benzene rings is 1. The molecule has 92 valence electrons. The molecule has 1 N–H and O–H groups in total. The summed E-state index contributed by atoms with van der Waals surface area (Å²) in [7, 11) is 0. The SMILES string of the molecule is C=C(C(=O)OC(C)C)C(O)c1ccccc1F. The zero-order valence-electron chi connectivity index (χ0n) is 9.81. The lowest BCUT2D eigenvalue weighted by Gasteiger charge is -2.15. The summed E-state index contributed by atoms with van der Waals surface area (Å²) < 4.78 is 18.2. The van der Waals surface area contributed by atoms with Crippen molar-refractivity contribution in [2.24, 2.45) is 0 Å². The van der Waals surface area contributed by atoms with Gasteiger partial charge < -0.3 is 9.84 Å². The molecule has 0 amide bonds. The van der Waals surface area contributed by atoms with Crippen LogP contribution in [0.2, 0.25) is 0 Å². The summed E-state index contributed by atoms with van der Waals surface area (Å²) in [5.74, 6) is -1.31. The predicted octanol–water partition coefficient (Wildman–Crippen LogP) is 2.37. The fourth-order valence-corrected chi connectivity index (χ4v) is 1.29. The van der Waals surface area contributed by atoms with Crippen LogP contribution in [0.25, 0.3) is 0 Å². The zero-order chi connectivity index (χ0) is 13.0. The summed E-state index contributed by atoms with van der Waals surface area (Å²) in [5.41, 5.74) is -0.165. The molecular weight excluding hydrogens is 223 g/mol. The number of ether oxygens (including phenoxy) is 1. The number of aliphatic hydroxyl groups is 1. The smallest absolute Gasteiger partial charge is 0.336 e. The van der Waals surface area contributed by atoms with Gasteiger partial charge in [-0.15, -0.1) is 0 Å². The lowest BCUT2D eigenvalue weighted by Crippen LogP contribution is -2.18. The molecule has 0 aliphatic carbocycles. The summed E-state index contributed by atoms with van der Waals surface area (Å²) >= 11 is 0. The maximum atomic E-state index is 13.4. The van der Waals surface area contributed by atoms with E-state index in [0.717, 1.165) is 0 Å². The first-order valence-corrected chi connectivity index (χ1v) is 5.25. The van der Waals surface area contributed by atoms with Gasteiger partial charge >= 0.3 is 5.97 Å².